The van der Waals surface area contributed by atoms with Crippen LogP contribution in [-0.4, -0.2) is 7.05 Å². The Kier molecular flexibility index (Phi) is 4.15. The summed E-state index contributed by atoms with van der Waals surface area (Å²) in [5, 5.41) is 7.73. The molecule has 2 heteroatoms. The van der Waals surface area contributed by atoms with Gasteiger partial charge in [0.15, 0.2) is 7.41 Å². The third kappa shape index (κ3) is 2.51. The molecule has 0 aliphatic rings. The van der Waals surface area contributed by atoms with Crippen molar-refractivity contribution < 1.29 is 0 Å². The van der Waals surface area contributed by atoms with Crippen molar-refractivity contribution in [3.63, 3.8) is 0 Å². The van der Waals surface area contributed by atoms with Gasteiger partial charge < -0.3 is 0 Å². The zero-order valence-electron chi connectivity index (χ0n) is 12.1. The van der Waals surface area contributed by atoms with Gasteiger partial charge in [0.05, 0.1) is 0 Å². The average molecular weight is 292 g/mol. The second-order valence-corrected chi connectivity index (χ2v) is 8.24. The van der Waals surface area contributed by atoms with Crippen LogP contribution in [-0.2, 0) is 0 Å². The van der Waals surface area contributed by atoms with Crippen LogP contribution in [0.15, 0.2) is 91.0 Å². The van der Waals surface area contributed by atoms with E-state index in [0.29, 0.717) is 0 Å². The van der Waals surface area contributed by atoms with Crippen LogP contribution in [0.4, 0.5) is 0 Å². The molecule has 0 unspecified atom stereocenters. The molecule has 0 aliphatic heterocycles. The lowest BCUT2D eigenvalue weighted by atomic mass is 10.4. The maximum Gasteiger partial charge on any atom is 0.178 e. The van der Waals surface area contributed by atoms with Gasteiger partial charge in [-0.3, -0.25) is 0 Å². The van der Waals surface area contributed by atoms with Gasteiger partial charge in [0.2, 0.25) is 0 Å². The van der Waals surface area contributed by atoms with Crippen LogP contribution < -0.4 is 21.0 Å². The molecule has 0 bridgehead atoms. The minimum atomic E-state index is -1.78. The quantitative estimate of drug-likeness (QED) is 0.729. The minimum Gasteiger partial charge on any atom is -0.182 e. The van der Waals surface area contributed by atoms with Gasteiger partial charge in [-0.2, -0.15) is 5.09 Å². The van der Waals surface area contributed by atoms with E-state index >= 15 is 0 Å². The summed E-state index contributed by atoms with van der Waals surface area (Å²) < 4.78 is 0. The second kappa shape index (κ2) is 6.22. The fourth-order valence-electron chi connectivity index (χ4n) is 2.79. The van der Waals surface area contributed by atoms with Gasteiger partial charge in [0.1, 0.15) is 15.9 Å². The van der Waals surface area contributed by atoms with Crippen LogP contribution in [0.25, 0.3) is 0 Å². The Hall–Kier alpha value is -1.95. The number of hydrogen-bond acceptors (Lipinski definition) is 1. The molecule has 0 aromatic heterocycles. The van der Waals surface area contributed by atoms with E-state index in [1.165, 1.54) is 15.9 Å². The number of nitrogens with one attached hydrogen (secondary N) is 1. The number of hydrogen-bond donors (Lipinski definition) is 1. The van der Waals surface area contributed by atoms with Crippen molar-refractivity contribution >= 4 is 23.3 Å². The summed E-state index contributed by atoms with van der Waals surface area (Å²) in [7, 11) is 0.286. The predicted molar refractivity (Wildman–Crippen MR) is 94.2 cm³/mol. The zero-order valence-corrected chi connectivity index (χ0v) is 13.0. The molecule has 0 radical (unpaired) electrons. The monoisotopic (exact) mass is 292 g/mol. The largest absolute Gasteiger partial charge is 0.182 e. The standard InChI is InChI=1S/C19H19NP/c1-20-21(17-11-5-2-6-12-17,18-13-7-3-8-14-18)19-15-9-4-10-16-19/h2-16,20H,1H3/q+1. The van der Waals surface area contributed by atoms with Crippen LogP contribution in [0.3, 0.4) is 0 Å². The topological polar surface area (TPSA) is 12.0 Å². The molecule has 0 aliphatic carbocycles. The summed E-state index contributed by atoms with van der Waals surface area (Å²) >= 11 is 0. The highest BCUT2D eigenvalue weighted by molar-refractivity contribution is 7.94. The van der Waals surface area contributed by atoms with Gasteiger partial charge >= 0.3 is 0 Å². The van der Waals surface area contributed by atoms with Crippen LogP contribution in [0.2, 0.25) is 0 Å². The highest BCUT2D eigenvalue weighted by atomic mass is 31.2. The van der Waals surface area contributed by atoms with Crippen molar-refractivity contribution in [3.05, 3.63) is 91.0 Å². The third-order valence-electron chi connectivity index (χ3n) is 3.77. The fourth-order valence-corrected chi connectivity index (χ4v) is 6.32. The van der Waals surface area contributed by atoms with E-state index in [-0.39, 0.29) is 0 Å². The average Bonchev–Trinajstić information content (AvgIpc) is 2.59. The summed E-state index contributed by atoms with van der Waals surface area (Å²) in [4.78, 5) is 0. The molecule has 1 nitrogen and oxygen atoms in total. The fraction of sp³-hybridized carbons (Fsp3) is 0.0526. The first kappa shape index (κ1) is 14.0. The highest BCUT2D eigenvalue weighted by Crippen LogP contribution is 2.50. The van der Waals surface area contributed by atoms with Crippen LogP contribution >= 0.6 is 7.41 Å². The Bertz CT molecular complexity index is 584. The van der Waals surface area contributed by atoms with Crippen molar-refractivity contribution in [2.24, 2.45) is 0 Å². The Balaban J connectivity index is 2.29. The maximum atomic E-state index is 3.68. The second-order valence-electron chi connectivity index (χ2n) is 4.90. The summed E-state index contributed by atoms with van der Waals surface area (Å²) in [6.07, 6.45) is 0. The first-order chi connectivity index (χ1) is 10.4. The maximum absolute atomic E-state index is 3.68. The van der Waals surface area contributed by atoms with Gasteiger partial charge in [-0.15, -0.1) is 0 Å². The van der Waals surface area contributed by atoms with Crippen LogP contribution in [0, 0.1) is 0 Å². The Morgan fingerprint density at radius 2 is 0.810 bits per heavy atom. The minimum absolute atomic E-state index is 1.35. The Morgan fingerprint density at radius 1 is 0.524 bits per heavy atom. The molecule has 21 heavy (non-hydrogen) atoms. The van der Waals surface area contributed by atoms with Gasteiger partial charge in [0, 0.05) is 7.05 Å². The molecule has 0 amide bonds. The van der Waals surface area contributed by atoms with E-state index in [2.05, 4.69) is 103 Å². The van der Waals surface area contributed by atoms with Crippen molar-refractivity contribution in [1.29, 1.82) is 0 Å². The summed E-state index contributed by atoms with van der Waals surface area (Å²) in [5.41, 5.74) is 0. The number of benzene rings is 3. The van der Waals surface area contributed by atoms with Crippen molar-refractivity contribution in [1.82, 2.24) is 5.09 Å². The van der Waals surface area contributed by atoms with Crippen molar-refractivity contribution in [2.45, 2.75) is 0 Å². The SMILES string of the molecule is CN[P+](c1ccccc1)(c1ccccc1)c1ccccc1. The molecular weight excluding hydrogens is 273 g/mol. The smallest absolute Gasteiger partial charge is 0.178 e. The Morgan fingerprint density at radius 3 is 1.05 bits per heavy atom. The van der Waals surface area contributed by atoms with E-state index in [1.54, 1.807) is 0 Å². The predicted octanol–water partition coefficient (Wildman–Crippen LogP) is 3.11. The van der Waals surface area contributed by atoms with Crippen molar-refractivity contribution in [3.8, 4) is 0 Å². The summed E-state index contributed by atoms with van der Waals surface area (Å²) in [6, 6.07) is 32.3. The van der Waals surface area contributed by atoms with Crippen LogP contribution in [0.5, 0.6) is 0 Å². The Labute approximate surface area is 127 Å². The summed E-state index contributed by atoms with van der Waals surface area (Å²) in [5.74, 6) is 0. The normalized spacial score (nSPS) is 11.3. The summed E-state index contributed by atoms with van der Waals surface area (Å²) in [6.45, 7) is 0. The van der Waals surface area contributed by atoms with E-state index in [1.807, 2.05) is 0 Å². The molecule has 0 saturated carbocycles. The molecule has 0 fully saturated rings. The van der Waals surface area contributed by atoms with E-state index in [4.69, 9.17) is 0 Å². The van der Waals surface area contributed by atoms with Gasteiger partial charge in [-0.1, -0.05) is 54.6 Å². The lowest BCUT2D eigenvalue weighted by molar-refractivity contribution is 1.26. The first-order valence-electron chi connectivity index (χ1n) is 7.13. The molecule has 0 atom stereocenters. The molecule has 3 aromatic carbocycles. The van der Waals surface area contributed by atoms with E-state index in [0.717, 1.165) is 0 Å². The van der Waals surface area contributed by atoms with E-state index in [9.17, 15) is 0 Å². The highest BCUT2D eigenvalue weighted by Gasteiger charge is 2.44. The van der Waals surface area contributed by atoms with E-state index < -0.39 is 7.41 Å². The lowest BCUT2D eigenvalue weighted by Gasteiger charge is -2.26. The van der Waals surface area contributed by atoms with Crippen LogP contribution in [0.1, 0.15) is 0 Å². The van der Waals surface area contributed by atoms with Gasteiger partial charge in [-0.25, -0.2) is 0 Å². The molecule has 1 N–H and O–H groups in total. The zero-order chi connectivity index (χ0) is 14.5. The van der Waals surface area contributed by atoms with Gasteiger partial charge in [-0.05, 0) is 36.4 Å². The molecule has 3 rings (SSSR count). The molecule has 3 aromatic rings. The van der Waals surface area contributed by atoms with Crippen molar-refractivity contribution in [2.75, 3.05) is 7.05 Å². The molecule has 0 spiro atoms. The molecule has 104 valence electrons. The first-order valence-corrected chi connectivity index (χ1v) is 8.92. The molecule has 0 heterocycles. The molecular formula is C19H19NP+. The lowest BCUT2D eigenvalue weighted by Crippen LogP contribution is -2.38. The van der Waals surface area contributed by atoms with Gasteiger partial charge in [0.25, 0.3) is 0 Å². The third-order valence-corrected chi connectivity index (χ3v) is 7.65. The molecule has 0 saturated heterocycles. The number of rotatable bonds is 4.